The molecular weight excluding hydrogens is 502 g/mol. The van der Waals surface area contributed by atoms with E-state index in [0.717, 1.165) is 48.7 Å². The van der Waals surface area contributed by atoms with Gasteiger partial charge in [-0.3, -0.25) is 4.90 Å². The predicted octanol–water partition coefficient (Wildman–Crippen LogP) is 4.28. The molecule has 5 rings (SSSR count). The maximum Gasteiger partial charge on any atom is 0.410 e. The molecule has 4 heterocycles. The number of nitrogens with zero attached hydrogens (tertiary/aromatic N) is 6. The van der Waals surface area contributed by atoms with Gasteiger partial charge in [-0.1, -0.05) is 0 Å². The maximum absolute atomic E-state index is 12.8. The lowest BCUT2D eigenvalue weighted by atomic mass is 10.2. The molecule has 1 fully saturated rings. The standard InChI is InChI=1S/C27H35N7O5/c1-27(2,3)39-26(35)33-13-18-19(14-33)29-25(31-24(18)32-9-7-8-10-32)30-22-15-34(16-28-22)17-11-20(36-4)23(38-6)21(12-17)37-5/h11-12,15-16H,7-10,13-14H2,1-6H3,(H,29,30,31). The number of carbonyl (C=O) groups is 1. The Kier molecular flexibility index (Phi) is 7.11. The minimum Gasteiger partial charge on any atom is -0.493 e. The van der Waals surface area contributed by atoms with E-state index < -0.39 is 5.60 Å². The van der Waals surface area contributed by atoms with Gasteiger partial charge in [-0.25, -0.2) is 14.8 Å². The summed E-state index contributed by atoms with van der Waals surface area (Å²) < 4.78 is 23.8. The van der Waals surface area contributed by atoms with E-state index in [1.807, 2.05) is 43.7 Å². The van der Waals surface area contributed by atoms with Crippen molar-refractivity contribution in [2.75, 3.05) is 44.6 Å². The first-order valence-corrected chi connectivity index (χ1v) is 12.9. The molecule has 0 spiro atoms. The Morgan fingerprint density at radius 3 is 2.28 bits per heavy atom. The van der Waals surface area contributed by atoms with Gasteiger partial charge in [0.05, 0.1) is 52.0 Å². The van der Waals surface area contributed by atoms with E-state index in [1.54, 1.807) is 32.6 Å². The Morgan fingerprint density at radius 2 is 1.67 bits per heavy atom. The average Bonchev–Trinajstić information content (AvgIpc) is 3.67. The monoisotopic (exact) mass is 537 g/mol. The lowest BCUT2D eigenvalue weighted by Gasteiger charge is -2.24. The molecular formula is C27H35N7O5. The van der Waals surface area contributed by atoms with Gasteiger partial charge in [0.25, 0.3) is 0 Å². The molecule has 2 aliphatic heterocycles. The number of aromatic nitrogens is 4. The first kappa shape index (κ1) is 26.4. The van der Waals surface area contributed by atoms with Crippen molar-refractivity contribution >= 4 is 23.7 Å². The third-order valence-electron chi connectivity index (χ3n) is 6.59. The van der Waals surface area contributed by atoms with Crippen LogP contribution in [0, 0.1) is 0 Å². The first-order chi connectivity index (χ1) is 18.7. The number of hydrogen-bond donors (Lipinski definition) is 1. The summed E-state index contributed by atoms with van der Waals surface area (Å²) >= 11 is 0. The van der Waals surface area contributed by atoms with Gasteiger partial charge in [0.15, 0.2) is 17.3 Å². The van der Waals surface area contributed by atoms with Crippen molar-refractivity contribution in [3.05, 3.63) is 35.9 Å². The zero-order chi connectivity index (χ0) is 27.7. The minimum absolute atomic E-state index is 0.355. The number of rotatable bonds is 7. The lowest BCUT2D eigenvalue weighted by Crippen LogP contribution is -2.33. The number of amides is 1. The van der Waals surface area contributed by atoms with E-state index in [9.17, 15) is 4.79 Å². The second-order valence-corrected chi connectivity index (χ2v) is 10.5. The van der Waals surface area contributed by atoms with Gasteiger partial charge < -0.3 is 33.7 Å². The number of imidazole rings is 1. The third kappa shape index (κ3) is 5.50. The highest BCUT2D eigenvalue weighted by molar-refractivity contribution is 5.70. The van der Waals surface area contributed by atoms with Crippen molar-refractivity contribution in [1.82, 2.24) is 24.4 Å². The van der Waals surface area contributed by atoms with Crippen molar-refractivity contribution in [3.8, 4) is 22.9 Å². The summed E-state index contributed by atoms with van der Waals surface area (Å²) in [5, 5.41) is 3.25. The van der Waals surface area contributed by atoms with Crippen LogP contribution in [-0.2, 0) is 17.8 Å². The van der Waals surface area contributed by atoms with Crippen molar-refractivity contribution in [2.24, 2.45) is 0 Å². The zero-order valence-electron chi connectivity index (χ0n) is 23.3. The van der Waals surface area contributed by atoms with E-state index in [1.165, 1.54) is 0 Å². The number of ether oxygens (including phenoxy) is 4. The van der Waals surface area contributed by atoms with Gasteiger partial charge in [-0.2, -0.15) is 4.98 Å². The van der Waals surface area contributed by atoms with Crippen LogP contribution in [-0.4, -0.2) is 70.5 Å². The molecule has 1 aromatic carbocycles. The van der Waals surface area contributed by atoms with Crippen molar-refractivity contribution in [3.63, 3.8) is 0 Å². The molecule has 1 saturated heterocycles. The largest absolute Gasteiger partial charge is 0.493 e. The molecule has 2 aromatic heterocycles. The summed E-state index contributed by atoms with van der Waals surface area (Å²) in [5.41, 5.74) is 1.99. The van der Waals surface area contributed by atoms with Gasteiger partial charge in [-0.05, 0) is 33.6 Å². The van der Waals surface area contributed by atoms with Crippen LogP contribution in [0.2, 0.25) is 0 Å². The molecule has 0 radical (unpaired) electrons. The SMILES string of the molecule is COc1cc(-n2cnc(Nc3nc4c(c(N5CCCC5)n3)CN(C(=O)OC(C)(C)C)C4)c2)cc(OC)c1OC. The molecule has 0 saturated carbocycles. The van der Waals surface area contributed by atoms with Gasteiger partial charge >= 0.3 is 6.09 Å². The first-order valence-electron chi connectivity index (χ1n) is 12.9. The smallest absolute Gasteiger partial charge is 0.410 e. The second-order valence-electron chi connectivity index (χ2n) is 10.5. The number of anilines is 3. The topological polar surface area (TPSA) is 116 Å². The molecule has 208 valence electrons. The van der Waals surface area contributed by atoms with Gasteiger partial charge in [-0.15, -0.1) is 0 Å². The van der Waals surface area contributed by atoms with Crippen LogP contribution in [0.4, 0.5) is 22.4 Å². The number of methoxy groups -OCH3 is 3. The van der Waals surface area contributed by atoms with E-state index in [-0.39, 0.29) is 6.09 Å². The third-order valence-corrected chi connectivity index (χ3v) is 6.59. The lowest BCUT2D eigenvalue weighted by molar-refractivity contribution is 0.0241. The fourth-order valence-electron chi connectivity index (χ4n) is 4.80. The van der Waals surface area contributed by atoms with Crippen molar-refractivity contribution in [1.29, 1.82) is 0 Å². The van der Waals surface area contributed by atoms with E-state index in [0.29, 0.717) is 42.1 Å². The highest BCUT2D eigenvalue weighted by Crippen LogP contribution is 2.39. The molecule has 0 bridgehead atoms. The molecule has 12 nitrogen and oxygen atoms in total. The average molecular weight is 538 g/mol. The van der Waals surface area contributed by atoms with Crippen LogP contribution < -0.4 is 24.4 Å². The predicted molar refractivity (Wildman–Crippen MR) is 145 cm³/mol. The van der Waals surface area contributed by atoms with Crippen LogP contribution in [0.25, 0.3) is 5.69 Å². The second kappa shape index (κ2) is 10.5. The molecule has 0 unspecified atom stereocenters. The van der Waals surface area contributed by atoms with E-state index in [2.05, 4.69) is 15.2 Å². The quantitative estimate of drug-likeness (QED) is 0.468. The number of hydrogen-bond acceptors (Lipinski definition) is 10. The van der Waals surface area contributed by atoms with Crippen LogP contribution in [0.15, 0.2) is 24.7 Å². The fourth-order valence-corrected chi connectivity index (χ4v) is 4.80. The Balaban J connectivity index is 1.42. The van der Waals surface area contributed by atoms with E-state index >= 15 is 0 Å². The Labute approximate surface area is 227 Å². The molecule has 1 N–H and O–H groups in total. The van der Waals surface area contributed by atoms with Gasteiger partial charge in [0, 0.05) is 30.8 Å². The zero-order valence-corrected chi connectivity index (χ0v) is 23.3. The van der Waals surface area contributed by atoms with Gasteiger partial charge in [0.1, 0.15) is 17.7 Å². The number of fused-ring (bicyclic) bond motifs is 1. The van der Waals surface area contributed by atoms with Crippen LogP contribution in [0.1, 0.15) is 44.9 Å². The molecule has 3 aromatic rings. The number of nitrogens with one attached hydrogen (secondary N) is 1. The highest BCUT2D eigenvalue weighted by atomic mass is 16.6. The maximum atomic E-state index is 12.8. The van der Waals surface area contributed by atoms with Crippen molar-refractivity contribution in [2.45, 2.75) is 52.3 Å². The molecule has 12 heteroatoms. The Bertz CT molecular complexity index is 1340. The Hall–Kier alpha value is -4.22. The summed E-state index contributed by atoms with van der Waals surface area (Å²) in [4.78, 5) is 30.9. The van der Waals surface area contributed by atoms with Crippen LogP contribution >= 0.6 is 0 Å². The number of carbonyl (C=O) groups excluding carboxylic acids is 1. The summed E-state index contributed by atoms with van der Waals surface area (Å²) in [5.74, 6) is 3.46. The van der Waals surface area contributed by atoms with Gasteiger partial charge in [0.2, 0.25) is 11.7 Å². The highest BCUT2D eigenvalue weighted by Gasteiger charge is 2.33. The summed E-state index contributed by atoms with van der Waals surface area (Å²) in [6, 6.07) is 3.69. The van der Waals surface area contributed by atoms with Crippen LogP contribution in [0.5, 0.6) is 17.2 Å². The summed E-state index contributed by atoms with van der Waals surface area (Å²) in [6.07, 6.45) is 5.38. The summed E-state index contributed by atoms with van der Waals surface area (Å²) in [7, 11) is 4.73. The molecule has 2 aliphatic rings. The molecule has 0 atom stereocenters. The fraction of sp³-hybridized carbons (Fsp3) is 0.481. The molecule has 1 amide bonds. The molecule has 39 heavy (non-hydrogen) atoms. The minimum atomic E-state index is -0.571. The normalized spacial score (nSPS) is 14.8. The van der Waals surface area contributed by atoms with E-state index in [4.69, 9.17) is 28.9 Å². The van der Waals surface area contributed by atoms with Crippen LogP contribution in [0.3, 0.4) is 0 Å². The Morgan fingerprint density at radius 1 is 0.974 bits per heavy atom. The number of benzene rings is 1. The van der Waals surface area contributed by atoms with Crippen molar-refractivity contribution < 1.29 is 23.7 Å². The molecule has 0 aliphatic carbocycles. The summed E-state index contributed by atoms with van der Waals surface area (Å²) in [6.45, 7) is 8.22.